The van der Waals surface area contributed by atoms with Crippen molar-refractivity contribution in [3.05, 3.63) is 42.0 Å². The summed E-state index contributed by atoms with van der Waals surface area (Å²) in [6, 6.07) is 9.89. The smallest absolute Gasteiger partial charge is 0.407 e. The van der Waals surface area contributed by atoms with Crippen molar-refractivity contribution in [2.24, 2.45) is 11.8 Å². The minimum absolute atomic E-state index is 0.0228. The van der Waals surface area contributed by atoms with Gasteiger partial charge in [0.2, 0.25) is 0 Å². The zero-order valence-corrected chi connectivity index (χ0v) is 20.5. The van der Waals surface area contributed by atoms with Gasteiger partial charge in [0.15, 0.2) is 11.9 Å². The molecule has 2 unspecified atom stereocenters. The average molecular weight is 478 g/mol. The Morgan fingerprint density at radius 1 is 1.21 bits per heavy atom. The third-order valence-electron chi connectivity index (χ3n) is 6.68. The van der Waals surface area contributed by atoms with Gasteiger partial charge in [-0.25, -0.2) is 4.79 Å². The second-order valence-electron chi connectivity index (χ2n) is 9.92. The molecular weight excluding hydrogens is 438 g/mol. The maximum Gasteiger partial charge on any atom is 0.407 e. The molecule has 34 heavy (non-hydrogen) atoms. The van der Waals surface area contributed by atoms with Gasteiger partial charge in [0.1, 0.15) is 18.3 Å². The fraction of sp³-hybridized carbons (Fsp3) is 0.654. The van der Waals surface area contributed by atoms with Crippen LogP contribution in [-0.2, 0) is 14.2 Å². The van der Waals surface area contributed by atoms with Crippen LogP contribution in [0, 0.1) is 11.8 Å². The molecule has 4 N–H and O–H groups in total. The molecule has 0 spiro atoms. The van der Waals surface area contributed by atoms with Crippen LogP contribution in [0.1, 0.15) is 52.5 Å². The number of aliphatic hydroxyl groups excluding tert-OH is 3. The lowest BCUT2D eigenvalue weighted by Gasteiger charge is -2.37. The summed E-state index contributed by atoms with van der Waals surface area (Å²) in [6.45, 7) is 7.54. The molecule has 1 aromatic rings. The number of amides is 1. The molecule has 2 bridgehead atoms. The number of hydrogen-bond donors (Lipinski definition) is 4. The highest BCUT2D eigenvalue weighted by Gasteiger charge is 2.62. The molecular formula is C26H39NO7. The fourth-order valence-electron chi connectivity index (χ4n) is 4.62. The van der Waals surface area contributed by atoms with E-state index in [1.165, 1.54) is 0 Å². The lowest BCUT2D eigenvalue weighted by atomic mass is 9.86. The first-order valence-electron chi connectivity index (χ1n) is 12.2. The van der Waals surface area contributed by atoms with Crippen LogP contribution in [0.25, 0.3) is 6.08 Å². The first-order valence-corrected chi connectivity index (χ1v) is 12.2. The van der Waals surface area contributed by atoms with E-state index in [0.717, 1.165) is 12.0 Å². The van der Waals surface area contributed by atoms with E-state index in [1.54, 1.807) is 13.8 Å². The first kappa shape index (κ1) is 26.6. The Balaban J connectivity index is 1.55. The minimum atomic E-state index is -1.38. The van der Waals surface area contributed by atoms with Crippen molar-refractivity contribution in [3.63, 3.8) is 0 Å². The second-order valence-corrected chi connectivity index (χ2v) is 9.92. The van der Waals surface area contributed by atoms with E-state index in [4.69, 9.17) is 14.2 Å². The number of carbonyl (C=O) groups excluding carboxylic acids is 1. The van der Waals surface area contributed by atoms with Crippen LogP contribution in [0.15, 0.2) is 36.4 Å². The van der Waals surface area contributed by atoms with E-state index in [-0.39, 0.29) is 24.5 Å². The lowest BCUT2D eigenvalue weighted by molar-refractivity contribution is -0.311. The summed E-state index contributed by atoms with van der Waals surface area (Å²) in [4.78, 5) is 12.1. The zero-order chi connectivity index (χ0) is 24.9. The number of rotatable bonds is 10. The number of ether oxygens (including phenoxy) is 3. The largest absolute Gasteiger partial charge is 0.440 e. The summed E-state index contributed by atoms with van der Waals surface area (Å²) in [6.07, 6.45) is 0.267. The van der Waals surface area contributed by atoms with Crippen LogP contribution in [-0.4, -0.2) is 70.4 Å². The zero-order valence-electron chi connectivity index (χ0n) is 20.5. The van der Waals surface area contributed by atoms with Gasteiger partial charge in [0, 0.05) is 12.5 Å². The quantitative estimate of drug-likeness (QED) is 0.409. The molecule has 1 amide bonds. The molecule has 2 fully saturated rings. The number of carbonyl (C=O) groups is 1. The van der Waals surface area contributed by atoms with E-state index in [0.29, 0.717) is 12.8 Å². The van der Waals surface area contributed by atoms with Gasteiger partial charge in [-0.1, -0.05) is 56.3 Å². The Hall–Kier alpha value is -1.97. The SMILES string of the molecule is CC(C)NC(=O)O[C@H]1[C@@H]2O[C@](CC[C@H](C)C(O)C(C)CC=Cc3ccccc3)(OC[C@@H]2O)[C@@H]1O. The Morgan fingerprint density at radius 3 is 2.59 bits per heavy atom. The van der Waals surface area contributed by atoms with Gasteiger partial charge in [0.25, 0.3) is 0 Å². The van der Waals surface area contributed by atoms with Crippen molar-refractivity contribution in [1.29, 1.82) is 0 Å². The van der Waals surface area contributed by atoms with Gasteiger partial charge in [-0.15, -0.1) is 0 Å². The normalized spacial score (nSPS) is 31.4. The third kappa shape index (κ3) is 6.37. The van der Waals surface area contributed by atoms with E-state index in [1.807, 2.05) is 50.3 Å². The number of nitrogens with one attached hydrogen (secondary N) is 1. The van der Waals surface area contributed by atoms with Crippen molar-refractivity contribution in [1.82, 2.24) is 5.32 Å². The standard InChI is InChI=1S/C26H39NO7/c1-16(2)27-25(31)33-23-22-20(28)15-32-26(34-22,24(23)30)14-13-18(4)21(29)17(3)9-8-12-19-10-6-5-7-11-19/h5-8,10-12,16-18,20-24,28-30H,9,13-15H2,1-4H3,(H,27,31)/t17?,18-,20-,21?,22+,23-,24+,26-/m0/s1. The highest BCUT2D eigenvalue weighted by atomic mass is 16.8. The summed E-state index contributed by atoms with van der Waals surface area (Å²) >= 11 is 0. The summed E-state index contributed by atoms with van der Waals surface area (Å²) in [5.74, 6) is -1.42. The number of allylic oxidation sites excluding steroid dienone is 1. The van der Waals surface area contributed by atoms with Crippen molar-refractivity contribution >= 4 is 12.2 Å². The van der Waals surface area contributed by atoms with Gasteiger partial charge in [-0.3, -0.25) is 0 Å². The number of benzene rings is 1. The Kier molecular flexibility index (Phi) is 9.12. The number of alkyl carbamates (subject to hydrolysis) is 1. The van der Waals surface area contributed by atoms with Crippen LogP contribution in [0.2, 0.25) is 0 Å². The maximum absolute atomic E-state index is 12.1. The number of fused-ring (bicyclic) bond motifs is 2. The Morgan fingerprint density at radius 2 is 1.91 bits per heavy atom. The van der Waals surface area contributed by atoms with E-state index in [2.05, 4.69) is 11.4 Å². The first-order chi connectivity index (χ1) is 16.1. The predicted molar refractivity (Wildman–Crippen MR) is 128 cm³/mol. The molecule has 0 radical (unpaired) electrons. The molecule has 8 atom stereocenters. The summed E-state index contributed by atoms with van der Waals surface area (Å²) in [7, 11) is 0. The topological polar surface area (TPSA) is 117 Å². The van der Waals surface area contributed by atoms with Crippen molar-refractivity contribution in [3.8, 4) is 0 Å². The number of aliphatic hydroxyl groups is 3. The van der Waals surface area contributed by atoms with Crippen molar-refractivity contribution in [2.75, 3.05) is 6.61 Å². The number of hydrogen-bond acceptors (Lipinski definition) is 7. The molecule has 190 valence electrons. The van der Waals surface area contributed by atoms with E-state index < -0.39 is 42.4 Å². The lowest BCUT2D eigenvalue weighted by Crippen LogP contribution is -2.49. The molecule has 0 aromatic heterocycles. The van der Waals surface area contributed by atoms with Gasteiger partial charge in [-0.05, 0) is 44.1 Å². The molecule has 8 nitrogen and oxygen atoms in total. The van der Waals surface area contributed by atoms with Gasteiger partial charge >= 0.3 is 6.09 Å². The minimum Gasteiger partial charge on any atom is -0.440 e. The molecule has 2 aliphatic rings. The monoisotopic (exact) mass is 477 g/mol. The molecule has 8 heteroatoms. The third-order valence-corrected chi connectivity index (χ3v) is 6.68. The molecule has 2 heterocycles. The maximum atomic E-state index is 12.1. The molecule has 3 rings (SSSR count). The molecule has 0 aliphatic carbocycles. The van der Waals surface area contributed by atoms with Crippen LogP contribution < -0.4 is 5.32 Å². The van der Waals surface area contributed by atoms with Crippen LogP contribution in [0.3, 0.4) is 0 Å². The van der Waals surface area contributed by atoms with E-state index >= 15 is 0 Å². The van der Waals surface area contributed by atoms with Crippen molar-refractivity contribution < 1.29 is 34.3 Å². The Bertz CT molecular complexity index is 817. The molecule has 2 saturated heterocycles. The van der Waals surface area contributed by atoms with Crippen LogP contribution in [0.5, 0.6) is 0 Å². The fourth-order valence-corrected chi connectivity index (χ4v) is 4.62. The highest BCUT2D eigenvalue weighted by Crippen LogP contribution is 2.43. The predicted octanol–water partition coefficient (Wildman–Crippen LogP) is 2.85. The van der Waals surface area contributed by atoms with Gasteiger partial charge in [0.05, 0.1) is 12.7 Å². The average Bonchev–Trinajstić information content (AvgIpc) is 3.03. The summed E-state index contributed by atoms with van der Waals surface area (Å²) < 4.78 is 17.1. The van der Waals surface area contributed by atoms with Gasteiger partial charge in [-0.2, -0.15) is 0 Å². The van der Waals surface area contributed by atoms with E-state index in [9.17, 15) is 20.1 Å². The molecule has 0 saturated carbocycles. The molecule has 2 aliphatic heterocycles. The van der Waals surface area contributed by atoms with Crippen LogP contribution >= 0.6 is 0 Å². The highest BCUT2D eigenvalue weighted by molar-refractivity contribution is 5.67. The molecule has 1 aromatic carbocycles. The Labute approximate surface area is 201 Å². The van der Waals surface area contributed by atoms with Crippen LogP contribution in [0.4, 0.5) is 4.79 Å². The second kappa shape index (κ2) is 11.6. The van der Waals surface area contributed by atoms with Gasteiger partial charge < -0.3 is 34.8 Å². The summed E-state index contributed by atoms with van der Waals surface area (Å²) in [5.41, 5.74) is 1.12. The van der Waals surface area contributed by atoms with Crippen molar-refractivity contribution in [2.45, 2.75) is 89.3 Å². The summed E-state index contributed by atoms with van der Waals surface area (Å²) in [5, 5.41) is 34.7.